The average Bonchev–Trinajstić information content (AvgIpc) is 2.08. The number of aliphatic hydroxyl groups is 1. The van der Waals surface area contributed by atoms with Crippen molar-refractivity contribution < 1.29 is 15.3 Å². The third-order valence-electron chi connectivity index (χ3n) is 1.45. The van der Waals surface area contributed by atoms with Crippen LogP contribution in [0.3, 0.4) is 0 Å². The molecule has 0 bridgehead atoms. The van der Waals surface area contributed by atoms with Crippen molar-refractivity contribution >= 4 is 6.08 Å². The number of rotatable bonds is 2. The monoisotopic (exact) mass is 166 g/mol. The van der Waals surface area contributed by atoms with E-state index in [2.05, 4.69) is 0 Å². The number of phenols is 2. The third kappa shape index (κ3) is 1.77. The second-order valence-electron chi connectivity index (χ2n) is 2.30. The summed E-state index contributed by atoms with van der Waals surface area (Å²) < 4.78 is 0. The van der Waals surface area contributed by atoms with Gasteiger partial charge in [-0.2, -0.15) is 0 Å². The van der Waals surface area contributed by atoms with Crippen LogP contribution in [0.15, 0.2) is 24.3 Å². The molecule has 64 valence electrons. The lowest BCUT2D eigenvalue weighted by atomic mass is 10.2. The van der Waals surface area contributed by atoms with E-state index in [0.29, 0.717) is 5.56 Å². The minimum atomic E-state index is -0.165. The largest absolute Gasteiger partial charge is 0.504 e. The lowest BCUT2D eigenvalue weighted by molar-refractivity contribution is 0.343. The summed E-state index contributed by atoms with van der Waals surface area (Å²) in [6.07, 6.45) is 3.02. The van der Waals surface area contributed by atoms with E-state index >= 15 is 0 Å². The molecule has 0 unspecified atom stereocenters. The maximum absolute atomic E-state index is 9.24. The third-order valence-corrected chi connectivity index (χ3v) is 1.45. The molecule has 0 aliphatic heterocycles. The Balaban J connectivity index is 3.00. The van der Waals surface area contributed by atoms with Crippen LogP contribution >= 0.6 is 0 Å². The molecule has 0 saturated carbocycles. The number of hydrogen-bond donors (Lipinski definition) is 3. The van der Waals surface area contributed by atoms with Gasteiger partial charge in [-0.25, -0.2) is 0 Å². The summed E-state index contributed by atoms with van der Waals surface area (Å²) in [5.74, 6) is -0.322. The van der Waals surface area contributed by atoms with E-state index in [-0.39, 0.29) is 18.1 Å². The SMILES string of the molecule is OCC=Cc1cccc(O)c1O. The predicted octanol–water partition coefficient (Wildman–Crippen LogP) is 1.10. The molecule has 0 atom stereocenters. The van der Waals surface area contributed by atoms with Crippen LogP contribution in [0.4, 0.5) is 0 Å². The zero-order valence-corrected chi connectivity index (χ0v) is 6.44. The molecule has 3 heteroatoms. The Hall–Kier alpha value is -1.48. The van der Waals surface area contributed by atoms with E-state index in [9.17, 15) is 5.11 Å². The Morgan fingerprint density at radius 2 is 2.00 bits per heavy atom. The highest BCUT2D eigenvalue weighted by Gasteiger charge is 2.00. The summed E-state index contributed by atoms with van der Waals surface area (Å²) in [6.45, 7) is -0.0882. The van der Waals surface area contributed by atoms with Crippen molar-refractivity contribution in [3.63, 3.8) is 0 Å². The van der Waals surface area contributed by atoms with Gasteiger partial charge in [0.05, 0.1) is 6.61 Å². The van der Waals surface area contributed by atoms with Crippen LogP contribution in [-0.2, 0) is 0 Å². The first-order valence-corrected chi connectivity index (χ1v) is 3.54. The number of aromatic hydroxyl groups is 2. The lowest BCUT2D eigenvalue weighted by Gasteiger charge is -1.99. The van der Waals surface area contributed by atoms with Crippen molar-refractivity contribution in [2.45, 2.75) is 0 Å². The minimum Gasteiger partial charge on any atom is -0.504 e. The van der Waals surface area contributed by atoms with Crippen molar-refractivity contribution in [3.8, 4) is 11.5 Å². The number of hydrogen-bond acceptors (Lipinski definition) is 3. The van der Waals surface area contributed by atoms with Gasteiger partial charge in [-0.1, -0.05) is 24.3 Å². The molecular weight excluding hydrogens is 156 g/mol. The van der Waals surface area contributed by atoms with Gasteiger partial charge >= 0.3 is 0 Å². The van der Waals surface area contributed by atoms with Crippen LogP contribution in [-0.4, -0.2) is 21.9 Å². The fourth-order valence-electron chi connectivity index (χ4n) is 0.863. The second kappa shape index (κ2) is 3.78. The van der Waals surface area contributed by atoms with Crippen LogP contribution < -0.4 is 0 Å². The van der Waals surface area contributed by atoms with E-state index in [1.165, 1.54) is 18.2 Å². The van der Waals surface area contributed by atoms with Gasteiger partial charge in [0.2, 0.25) is 0 Å². The van der Waals surface area contributed by atoms with Crippen LogP contribution in [0.2, 0.25) is 0 Å². The highest BCUT2D eigenvalue weighted by Crippen LogP contribution is 2.28. The van der Waals surface area contributed by atoms with E-state index in [0.717, 1.165) is 0 Å². The molecule has 1 rings (SSSR count). The van der Waals surface area contributed by atoms with Crippen LogP contribution in [0.1, 0.15) is 5.56 Å². The van der Waals surface area contributed by atoms with E-state index < -0.39 is 0 Å². The maximum Gasteiger partial charge on any atom is 0.164 e. The zero-order valence-electron chi connectivity index (χ0n) is 6.44. The van der Waals surface area contributed by atoms with Gasteiger partial charge in [0, 0.05) is 5.56 Å². The molecule has 0 radical (unpaired) electrons. The Morgan fingerprint density at radius 3 is 2.67 bits per heavy atom. The molecule has 3 nitrogen and oxygen atoms in total. The second-order valence-corrected chi connectivity index (χ2v) is 2.30. The summed E-state index contributed by atoms with van der Waals surface area (Å²) in [4.78, 5) is 0. The Morgan fingerprint density at radius 1 is 1.25 bits per heavy atom. The first-order chi connectivity index (χ1) is 5.75. The molecule has 0 aliphatic rings. The van der Waals surface area contributed by atoms with Gasteiger partial charge in [-0.05, 0) is 6.07 Å². The van der Waals surface area contributed by atoms with Crippen LogP contribution in [0, 0.1) is 0 Å². The first kappa shape index (κ1) is 8.62. The van der Waals surface area contributed by atoms with Crippen molar-refractivity contribution in [2.24, 2.45) is 0 Å². The summed E-state index contributed by atoms with van der Waals surface area (Å²) in [7, 11) is 0. The standard InChI is InChI=1S/C9H10O3/c10-6-2-4-7-3-1-5-8(11)9(7)12/h1-5,10-12H,6H2. The molecule has 0 spiro atoms. The van der Waals surface area contributed by atoms with Gasteiger partial charge in [0.1, 0.15) is 0 Å². The molecule has 3 N–H and O–H groups in total. The molecular formula is C9H10O3. The first-order valence-electron chi connectivity index (χ1n) is 3.54. The topological polar surface area (TPSA) is 60.7 Å². The van der Waals surface area contributed by atoms with Gasteiger partial charge in [-0.15, -0.1) is 0 Å². The summed E-state index contributed by atoms with van der Waals surface area (Å²) in [5, 5.41) is 26.8. The average molecular weight is 166 g/mol. The van der Waals surface area contributed by atoms with E-state index in [1.807, 2.05) is 0 Å². The Labute approximate surface area is 70.2 Å². The van der Waals surface area contributed by atoms with Crippen molar-refractivity contribution in [2.75, 3.05) is 6.61 Å². The summed E-state index contributed by atoms with van der Waals surface area (Å²) >= 11 is 0. The summed E-state index contributed by atoms with van der Waals surface area (Å²) in [6, 6.07) is 4.65. The molecule has 0 aliphatic carbocycles. The zero-order chi connectivity index (χ0) is 8.97. The van der Waals surface area contributed by atoms with Gasteiger partial charge in [0.15, 0.2) is 11.5 Å². The predicted molar refractivity (Wildman–Crippen MR) is 45.9 cm³/mol. The van der Waals surface area contributed by atoms with Crippen LogP contribution in [0.25, 0.3) is 6.08 Å². The normalized spacial score (nSPS) is 10.8. The highest BCUT2D eigenvalue weighted by molar-refractivity contribution is 5.61. The van der Waals surface area contributed by atoms with Crippen molar-refractivity contribution in [1.29, 1.82) is 0 Å². The van der Waals surface area contributed by atoms with E-state index in [4.69, 9.17) is 10.2 Å². The number of para-hydroxylation sites is 1. The maximum atomic E-state index is 9.24. The van der Waals surface area contributed by atoms with Crippen molar-refractivity contribution in [3.05, 3.63) is 29.8 Å². The fourth-order valence-corrected chi connectivity index (χ4v) is 0.863. The molecule has 0 saturated heterocycles. The minimum absolute atomic E-state index is 0.0882. The molecule has 0 amide bonds. The molecule has 0 heterocycles. The number of benzene rings is 1. The molecule has 1 aromatic carbocycles. The molecule has 1 aromatic rings. The highest BCUT2D eigenvalue weighted by atomic mass is 16.3. The molecule has 0 fully saturated rings. The van der Waals surface area contributed by atoms with Crippen LogP contribution in [0.5, 0.6) is 11.5 Å². The number of aliphatic hydroxyl groups excluding tert-OH is 1. The number of phenolic OH excluding ortho intramolecular Hbond substituents is 2. The molecule has 0 aromatic heterocycles. The Kier molecular flexibility index (Phi) is 2.71. The van der Waals surface area contributed by atoms with Gasteiger partial charge in [0.25, 0.3) is 0 Å². The van der Waals surface area contributed by atoms with E-state index in [1.54, 1.807) is 12.1 Å². The smallest absolute Gasteiger partial charge is 0.164 e. The molecule has 12 heavy (non-hydrogen) atoms. The van der Waals surface area contributed by atoms with Crippen molar-refractivity contribution in [1.82, 2.24) is 0 Å². The quantitative estimate of drug-likeness (QED) is 0.576. The van der Waals surface area contributed by atoms with Gasteiger partial charge in [-0.3, -0.25) is 0 Å². The fraction of sp³-hybridized carbons (Fsp3) is 0.111. The lowest BCUT2D eigenvalue weighted by Crippen LogP contribution is -1.76. The Bertz CT molecular complexity index is 292. The van der Waals surface area contributed by atoms with Gasteiger partial charge < -0.3 is 15.3 Å². The summed E-state index contributed by atoms with van der Waals surface area (Å²) in [5.41, 5.74) is 0.490.